The molecule has 0 unspecified atom stereocenters. The van der Waals surface area contributed by atoms with Crippen molar-refractivity contribution >= 4 is 5.96 Å². The summed E-state index contributed by atoms with van der Waals surface area (Å²) >= 11 is 0. The zero-order valence-corrected chi connectivity index (χ0v) is 16.4. The lowest BCUT2D eigenvalue weighted by Gasteiger charge is -2.13. The Morgan fingerprint density at radius 1 is 0.926 bits per heavy atom. The van der Waals surface area contributed by atoms with Gasteiger partial charge in [0.15, 0.2) is 5.96 Å². The third-order valence-electron chi connectivity index (χ3n) is 4.12. The van der Waals surface area contributed by atoms with Gasteiger partial charge < -0.3 is 20.1 Å². The summed E-state index contributed by atoms with van der Waals surface area (Å²) in [6.07, 6.45) is 3.02. The topological polar surface area (TPSA) is 54.9 Å². The Hall–Kier alpha value is -2.53. The van der Waals surface area contributed by atoms with E-state index in [0.29, 0.717) is 19.8 Å². The van der Waals surface area contributed by atoms with Gasteiger partial charge in [-0.3, -0.25) is 4.99 Å². The van der Waals surface area contributed by atoms with Crippen LogP contribution in [0.4, 0.5) is 0 Å². The monoisotopic (exact) mass is 369 g/mol. The Kier molecular flexibility index (Phi) is 9.82. The molecule has 27 heavy (non-hydrogen) atoms. The minimum atomic E-state index is 0.662. The third-order valence-corrected chi connectivity index (χ3v) is 4.12. The van der Waals surface area contributed by atoms with E-state index >= 15 is 0 Å². The number of rotatable bonds is 11. The summed E-state index contributed by atoms with van der Waals surface area (Å²) < 4.78 is 10.8. The van der Waals surface area contributed by atoms with Crippen LogP contribution in [0.15, 0.2) is 59.6 Å². The SMILES string of the molecule is CN=C(NCCCc1ccccc1)NCc1cccc(OCCCOC)c1. The van der Waals surface area contributed by atoms with Crippen LogP contribution in [0.25, 0.3) is 0 Å². The molecule has 5 nitrogen and oxygen atoms in total. The molecule has 0 radical (unpaired) electrons. The van der Waals surface area contributed by atoms with Crippen molar-refractivity contribution < 1.29 is 9.47 Å². The minimum absolute atomic E-state index is 0.662. The van der Waals surface area contributed by atoms with Gasteiger partial charge in [-0.25, -0.2) is 0 Å². The van der Waals surface area contributed by atoms with Gasteiger partial charge in [0.05, 0.1) is 6.61 Å². The van der Waals surface area contributed by atoms with Gasteiger partial charge in [-0.05, 0) is 36.1 Å². The van der Waals surface area contributed by atoms with E-state index in [1.165, 1.54) is 5.56 Å². The predicted molar refractivity (Wildman–Crippen MR) is 111 cm³/mol. The van der Waals surface area contributed by atoms with Crippen LogP contribution >= 0.6 is 0 Å². The van der Waals surface area contributed by atoms with E-state index in [9.17, 15) is 0 Å². The smallest absolute Gasteiger partial charge is 0.191 e. The molecular weight excluding hydrogens is 338 g/mol. The van der Waals surface area contributed by atoms with Crippen molar-refractivity contribution in [3.05, 3.63) is 65.7 Å². The van der Waals surface area contributed by atoms with Gasteiger partial charge in [0.2, 0.25) is 0 Å². The lowest BCUT2D eigenvalue weighted by Crippen LogP contribution is -2.37. The number of aryl methyl sites for hydroxylation is 1. The summed E-state index contributed by atoms with van der Waals surface area (Å²) in [5.74, 6) is 1.70. The Morgan fingerprint density at radius 2 is 1.74 bits per heavy atom. The molecule has 5 heteroatoms. The van der Waals surface area contributed by atoms with Crippen molar-refractivity contribution in [1.29, 1.82) is 0 Å². The molecule has 0 saturated carbocycles. The number of hydrogen-bond donors (Lipinski definition) is 2. The van der Waals surface area contributed by atoms with E-state index in [1.807, 2.05) is 18.2 Å². The molecule has 0 atom stereocenters. The van der Waals surface area contributed by atoms with Crippen molar-refractivity contribution in [2.75, 3.05) is 33.9 Å². The zero-order chi connectivity index (χ0) is 19.2. The van der Waals surface area contributed by atoms with Gasteiger partial charge in [0, 0.05) is 40.3 Å². The second-order valence-electron chi connectivity index (χ2n) is 6.28. The van der Waals surface area contributed by atoms with Crippen LogP contribution in [-0.4, -0.2) is 39.9 Å². The van der Waals surface area contributed by atoms with Crippen LogP contribution in [0.3, 0.4) is 0 Å². The maximum Gasteiger partial charge on any atom is 0.191 e. The molecule has 2 aromatic carbocycles. The number of nitrogens with zero attached hydrogens (tertiary/aromatic N) is 1. The number of ether oxygens (including phenoxy) is 2. The van der Waals surface area contributed by atoms with E-state index in [4.69, 9.17) is 9.47 Å². The Labute approximate surface area is 162 Å². The fourth-order valence-corrected chi connectivity index (χ4v) is 2.69. The number of guanidine groups is 1. The van der Waals surface area contributed by atoms with E-state index in [1.54, 1.807) is 14.2 Å². The first-order valence-corrected chi connectivity index (χ1v) is 9.51. The van der Waals surface area contributed by atoms with E-state index < -0.39 is 0 Å². The Bertz CT molecular complexity index is 674. The van der Waals surface area contributed by atoms with Crippen LogP contribution < -0.4 is 15.4 Å². The number of nitrogens with one attached hydrogen (secondary N) is 2. The number of hydrogen-bond acceptors (Lipinski definition) is 3. The number of benzene rings is 2. The van der Waals surface area contributed by atoms with Crippen LogP contribution in [-0.2, 0) is 17.7 Å². The quantitative estimate of drug-likeness (QED) is 0.362. The second-order valence-corrected chi connectivity index (χ2v) is 6.28. The van der Waals surface area contributed by atoms with Gasteiger partial charge in [-0.2, -0.15) is 0 Å². The van der Waals surface area contributed by atoms with Crippen molar-refractivity contribution in [2.45, 2.75) is 25.8 Å². The van der Waals surface area contributed by atoms with Crippen molar-refractivity contribution in [2.24, 2.45) is 4.99 Å². The molecule has 0 aliphatic carbocycles. The zero-order valence-electron chi connectivity index (χ0n) is 16.4. The van der Waals surface area contributed by atoms with Crippen molar-refractivity contribution in [1.82, 2.24) is 10.6 Å². The Balaban J connectivity index is 1.69. The molecule has 0 saturated heterocycles. The molecule has 0 fully saturated rings. The first-order valence-electron chi connectivity index (χ1n) is 9.51. The predicted octanol–water partition coefficient (Wildman–Crippen LogP) is 3.40. The molecule has 0 aliphatic heterocycles. The maximum atomic E-state index is 5.75. The van der Waals surface area contributed by atoms with E-state index in [2.05, 4.69) is 52.0 Å². The summed E-state index contributed by atoms with van der Waals surface area (Å²) in [5, 5.41) is 6.72. The average molecular weight is 370 g/mol. The number of aliphatic imine (C=N–C) groups is 1. The van der Waals surface area contributed by atoms with E-state index in [0.717, 1.165) is 43.1 Å². The van der Waals surface area contributed by atoms with Gasteiger partial charge >= 0.3 is 0 Å². The summed E-state index contributed by atoms with van der Waals surface area (Å²) in [7, 11) is 3.50. The lowest BCUT2D eigenvalue weighted by molar-refractivity contribution is 0.172. The first kappa shape index (κ1) is 20.8. The van der Waals surface area contributed by atoms with Crippen molar-refractivity contribution in [3.63, 3.8) is 0 Å². The lowest BCUT2D eigenvalue weighted by atomic mass is 10.1. The highest BCUT2D eigenvalue weighted by Crippen LogP contribution is 2.13. The fourth-order valence-electron chi connectivity index (χ4n) is 2.69. The molecule has 2 aromatic rings. The summed E-state index contributed by atoms with van der Waals surface area (Å²) in [4.78, 5) is 4.29. The molecule has 2 N–H and O–H groups in total. The molecular formula is C22H31N3O2. The highest BCUT2D eigenvalue weighted by atomic mass is 16.5. The number of methoxy groups -OCH3 is 1. The molecule has 146 valence electrons. The normalized spacial score (nSPS) is 11.3. The molecule has 0 bridgehead atoms. The van der Waals surface area contributed by atoms with E-state index in [-0.39, 0.29) is 0 Å². The Morgan fingerprint density at radius 3 is 2.52 bits per heavy atom. The first-order chi connectivity index (χ1) is 13.3. The maximum absolute atomic E-state index is 5.75. The molecule has 0 spiro atoms. The summed E-state index contributed by atoms with van der Waals surface area (Å²) in [6, 6.07) is 18.7. The molecule has 2 rings (SSSR count). The summed E-state index contributed by atoms with van der Waals surface area (Å²) in [6.45, 7) is 2.97. The van der Waals surface area contributed by atoms with Gasteiger partial charge in [0.1, 0.15) is 5.75 Å². The highest BCUT2D eigenvalue weighted by Gasteiger charge is 2.01. The van der Waals surface area contributed by atoms with Crippen LogP contribution in [0.5, 0.6) is 5.75 Å². The van der Waals surface area contributed by atoms with Crippen molar-refractivity contribution in [3.8, 4) is 5.75 Å². The molecule has 0 heterocycles. The minimum Gasteiger partial charge on any atom is -0.493 e. The second kappa shape index (κ2) is 12.8. The average Bonchev–Trinajstić information content (AvgIpc) is 2.72. The van der Waals surface area contributed by atoms with Gasteiger partial charge in [-0.15, -0.1) is 0 Å². The molecule has 0 aliphatic rings. The highest BCUT2D eigenvalue weighted by molar-refractivity contribution is 5.79. The largest absolute Gasteiger partial charge is 0.493 e. The van der Waals surface area contributed by atoms with Crippen LogP contribution in [0, 0.1) is 0 Å². The summed E-state index contributed by atoms with van der Waals surface area (Å²) in [5.41, 5.74) is 2.52. The third kappa shape index (κ3) is 8.60. The van der Waals surface area contributed by atoms with Gasteiger partial charge in [0.25, 0.3) is 0 Å². The molecule has 0 amide bonds. The van der Waals surface area contributed by atoms with Gasteiger partial charge in [-0.1, -0.05) is 42.5 Å². The van der Waals surface area contributed by atoms with Crippen LogP contribution in [0.2, 0.25) is 0 Å². The molecule has 0 aromatic heterocycles. The van der Waals surface area contributed by atoms with Crippen LogP contribution in [0.1, 0.15) is 24.0 Å². The standard InChI is InChI=1S/C22H31N3O2/c1-23-22(24-14-7-12-19-9-4-3-5-10-19)25-18-20-11-6-13-21(17-20)27-16-8-15-26-2/h3-6,9-11,13,17H,7-8,12,14-16,18H2,1-2H3,(H2,23,24,25). The fraction of sp³-hybridized carbons (Fsp3) is 0.409.